The van der Waals surface area contributed by atoms with Crippen molar-refractivity contribution in [2.75, 3.05) is 46.4 Å². The van der Waals surface area contributed by atoms with Gasteiger partial charge < -0.3 is 20.7 Å². The Hall–Kier alpha value is -2.17. The average molecular weight is 566 g/mol. The summed E-state index contributed by atoms with van der Waals surface area (Å²) in [4.78, 5) is 19.0. The van der Waals surface area contributed by atoms with Gasteiger partial charge in [-0.15, -0.1) is 24.0 Å². The summed E-state index contributed by atoms with van der Waals surface area (Å²) >= 11 is 0. The third-order valence-corrected chi connectivity index (χ3v) is 5.42. The van der Waals surface area contributed by atoms with Gasteiger partial charge in [-0.3, -0.25) is 9.69 Å². The van der Waals surface area contributed by atoms with Crippen LogP contribution in [0.3, 0.4) is 0 Å². The number of ether oxygens (including phenoxy) is 1. The summed E-state index contributed by atoms with van der Waals surface area (Å²) in [5, 5.41) is 9.35. The largest absolute Gasteiger partial charge is 0.379 e. The Kier molecular flexibility index (Phi) is 12.2. The van der Waals surface area contributed by atoms with Gasteiger partial charge in [0.15, 0.2) is 5.96 Å². The second-order valence-electron chi connectivity index (χ2n) is 7.86. The van der Waals surface area contributed by atoms with Crippen LogP contribution in [0.15, 0.2) is 53.5 Å². The molecule has 1 aliphatic rings. The van der Waals surface area contributed by atoms with Crippen LogP contribution < -0.4 is 16.0 Å². The highest BCUT2D eigenvalue weighted by atomic mass is 127. The van der Waals surface area contributed by atoms with Crippen LogP contribution in [-0.2, 0) is 24.2 Å². The Morgan fingerprint density at radius 3 is 2.45 bits per heavy atom. The lowest BCUT2D eigenvalue weighted by Crippen LogP contribution is -2.38. The second-order valence-corrected chi connectivity index (χ2v) is 7.86. The number of hydrogen-bond donors (Lipinski definition) is 3. The third-order valence-electron chi connectivity index (χ3n) is 5.42. The fourth-order valence-corrected chi connectivity index (χ4v) is 3.62. The first-order chi connectivity index (χ1) is 15.7. The maximum Gasteiger partial charge on any atom is 0.251 e. The lowest BCUT2D eigenvalue weighted by atomic mass is 10.1. The van der Waals surface area contributed by atoms with Crippen LogP contribution in [0.5, 0.6) is 0 Å². The van der Waals surface area contributed by atoms with Crippen LogP contribution >= 0.6 is 24.0 Å². The van der Waals surface area contributed by atoms with Crippen LogP contribution in [0, 0.1) is 0 Å². The molecule has 33 heavy (non-hydrogen) atoms. The van der Waals surface area contributed by atoms with Crippen molar-refractivity contribution in [3.8, 4) is 0 Å². The highest BCUT2D eigenvalue weighted by Gasteiger charge is 2.10. The van der Waals surface area contributed by atoms with E-state index in [2.05, 4.69) is 52.0 Å². The molecule has 7 nitrogen and oxygen atoms in total. The van der Waals surface area contributed by atoms with Crippen molar-refractivity contribution in [1.82, 2.24) is 20.9 Å². The number of carbonyl (C=O) groups excluding carboxylic acids is 1. The maximum atomic E-state index is 11.8. The summed E-state index contributed by atoms with van der Waals surface area (Å²) in [6, 6.07) is 16.4. The van der Waals surface area contributed by atoms with Gasteiger partial charge in [-0.1, -0.05) is 36.4 Å². The minimum absolute atomic E-state index is 0. The summed E-state index contributed by atoms with van der Waals surface area (Å²) < 4.78 is 5.42. The van der Waals surface area contributed by atoms with Gasteiger partial charge >= 0.3 is 0 Å². The first-order valence-corrected chi connectivity index (χ1v) is 11.4. The van der Waals surface area contributed by atoms with Gasteiger partial charge in [0.25, 0.3) is 5.91 Å². The minimum atomic E-state index is -0.0642. The molecule has 0 spiro atoms. The van der Waals surface area contributed by atoms with Crippen molar-refractivity contribution in [2.45, 2.75) is 26.4 Å². The highest BCUT2D eigenvalue weighted by molar-refractivity contribution is 14.0. The van der Waals surface area contributed by atoms with Crippen LogP contribution in [0.2, 0.25) is 0 Å². The van der Waals surface area contributed by atoms with Gasteiger partial charge in [0.05, 0.1) is 19.8 Å². The number of morpholine rings is 1. The van der Waals surface area contributed by atoms with E-state index in [-0.39, 0.29) is 29.9 Å². The van der Waals surface area contributed by atoms with E-state index in [1.807, 2.05) is 24.3 Å². The minimum Gasteiger partial charge on any atom is -0.379 e. The molecular weight excluding hydrogens is 529 g/mol. The van der Waals surface area contributed by atoms with Crippen molar-refractivity contribution in [3.63, 3.8) is 0 Å². The predicted octanol–water partition coefficient (Wildman–Crippen LogP) is 2.79. The number of hydrogen-bond acceptors (Lipinski definition) is 4. The molecule has 0 atom stereocenters. The van der Waals surface area contributed by atoms with Crippen LogP contribution in [0.25, 0.3) is 0 Å². The molecule has 3 N–H and O–H groups in total. The Bertz CT molecular complexity index is 883. The van der Waals surface area contributed by atoms with Gasteiger partial charge in [-0.2, -0.15) is 0 Å². The molecular formula is C25H36IN5O2. The monoisotopic (exact) mass is 565 g/mol. The standard InChI is InChI=1S/C25H35N5O2.HI/c1-3-27-25(28-12-11-20-5-4-6-23(17-20)24(31)26-2)29-18-21-7-9-22(10-8-21)19-30-13-15-32-16-14-30;/h4-10,17H,3,11-16,18-19H2,1-2H3,(H,26,31)(H2,27,28,29);1H. The summed E-state index contributed by atoms with van der Waals surface area (Å²) in [5.41, 5.74) is 4.31. The highest BCUT2D eigenvalue weighted by Crippen LogP contribution is 2.10. The van der Waals surface area contributed by atoms with E-state index in [1.165, 1.54) is 11.1 Å². The van der Waals surface area contributed by atoms with Crippen LogP contribution in [-0.4, -0.2) is 63.2 Å². The normalized spacial score (nSPS) is 14.3. The zero-order valence-electron chi connectivity index (χ0n) is 19.6. The molecule has 0 aliphatic carbocycles. The summed E-state index contributed by atoms with van der Waals surface area (Å²) in [6.07, 6.45) is 0.811. The summed E-state index contributed by atoms with van der Waals surface area (Å²) in [6.45, 7) is 8.85. The maximum absolute atomic E-state index is 11.8. The second kappa shape index (κ2) is 14.9. The number of aliphatic imine (C=N–C) groups is 1. The van der Waals surface area contributed by atoms with Gasteiger partial charge in [0, 0.05) is 45.3 Å². The smallest absolute Gasteiger partial charge is 0.251 e. The number of amides is 1. The molecule has 1 heterocycles. The van der Waals surface area contributed by atoms with Crippen LogP contribution in [0.4, 0.5) is 0 Å². The third kappa shape index (κ3) is 9.30. The Labute approximate surface area is 214 Å². The van der Waals surface area contributed by atoms with Crippen molar-refractivity contribution in [2.24, 2.45) is 4.99 Å². The lowest BCUT2D eigenvalue weighted by Gasteiger charge is -2.26. The van der Waals surface area contributed by atoms with Crippen molar-refractivity contribution >= 4 is 35.8 Å². The number of halogens is 1. The lowest BCUT2D eigenvalue weighted by molar-refractivity contribution is 0.0342. The fraction of sp³-hybridized carbons (Fsp3) is 0.440. The number of carbonyl (C=O) groups is 1. The molecule has 2 aromatic carbocycles. The van der Waals surface area contributed by atoms with E-state index >= 15 is 0 Å². The summed E-state index contributed by atoms with van der Waals surface area (Å²) in [5.74, 6) is 0.734. The molecule has 0 unspecified atom stereocenters. The predicted molar refractivity (Wildman–Crippen MR) is 144 cm³/mol. The topological polar surface area (TPSA) is 78.0 Å². The molecule has 3 rings (SSSR count). The fourth-order valence-electron chi connectivity index (χ4n) is 3.62. The molecule has 2 aromatic rings. The number of benzene rings is 2. The number of nitrogens with one attached hydrogen (secondary N) is 3. The Morgan fingerprint density at radius 2 is 1.76 bits per heavy atom. The SMILES string of the molecule is CCNC(=NCc1ccc(CN2CCOCC2)cc1)NCCc1cccc(C(=O)NC)c1.I. The Balaban J connectivity index is 0.00000385. The van der Waals surface area contributed by atoms with E-state index in [4.69, 9.17) is 9.73 Å². The molecule has 1 fully saturated rings. The van der Waals surface area contributed by atoms with Gasteiger partial charge in [-0.25, -0.2) is 4.99 Å². The molecule has 1 aliphatic heterocycles. The first kappa shape index (κ1) is 27.1. The molecule has 0 bridgehead atoms. The van der Waals surface area contributed by atoms with E-state index in [0.29, 0.717) is 12.1 Å². The quantitative estimate of drug-likeness (QED) is 0.248. The molecule has 0 radical (unpaired) electrons. The van der Waals surface area contributed by atoms with E-state index < -0.39 is 0 Å². The molecule has 1 amide bonds. The van der Waals surface area contributed by atoms with Crippen LogP contribution in [0.1, 0.15) is 34.0 Å². The Morgan fingerprint density at radius 1 is 1.03 bits per heavy atom. The molecule has 180 valence electrons. The zero-order chi connectivity index (χ0) is 22.6. The zero-order valence-corrected chi connectivity index (χ0v) is 21.9. The molecule has 0 saturated carbocycles. The average Bonchev–Trinajstić information content (AvgIpc) is 2.84. The van der Waals surface area contributed by atoms with Crippen molar-refractivity contribution in [1.29, 1.82) is 0 Å². The van der Waals surface area contributed by atoms with Gasteiger partial charge in [-0.05, 0) is 42.2 Å². The van der Waals surface area contributed by atoms with Gasteiger partial charge in [0.2, 0.25) is 0 Å². The molecule has 8 heteroatoms. The number of nitrogens with zero attached hydrogens (tertiary/aromatic N) is 2. The summed E-state index contributed by atoms with van der Waals surface area (Å²) in [7, 11) is 1.65. The number of guanidine groups is 1. The number of rotatable bonds is 9. The van der Waals surface area contributed by atoms with Gasteiger partial charge in [0.1, 0.15) is 0 Å². The molecule has 1 saturated heterocycles. The van der Waals surface area contributed by atoms with E-state index in [1.54, 1.807) is 7.05 Å². The molecule has 0 aromatic heterocycles. The first-order valence-electron chi connectivity index (χ1n) is 11.4. The van der Waals surface area contributed by atoms with E-state index in [9.17, 15) is 4.79 Å². The van der Waals surface area contributed by atoms with Crippen molar-refractivity contribution < 1.29 is 9.53 Å². The van der Waals surface area contributed by atoms with Crippen molar-refractivity contribution in [3.05, 3.63) is 70.8 Å². The van der Waals surface area contributed by atoms with E-state index in [0.717, 1.165) is 63.9 Å².